The normalized spacial score (nSPS) is 11.7. The molecule has 0 saturated heterocycles. The molecule has 0 atom stereocenters. The van der Waals surface area contributed by atoms with Gasteiger partial charge < -0.3 is 4.42 Å². The molecule has 10 aromatic rings. The van der Waals surface area contributed by atoms with Gasteiger partial charge in [0.15, 0.2) is 0 Å². The second-order valence-electron chi connectivity index (χ2n) is 13.2. The minimum absolute atomic E-state index is 0.809. The van der Waals surface area contributed by atoms with Gasteiger partial charge in [0.1, 0.15) is 11.2 Å². The van der Waals surface area contributed by atoms with Crippen molar-refractivity contribution in [2.24, 2.45) is 0 Å². The Balaban J connectivity index is 1.17. The summed E-state index contributed by atoms with van der Waals surface area (Å²) < 4.78 is 6.31. The van der Waals surface area contributed by atoms with Gasteiger partial charge in [-0.25, -0.2) is 0 Å². The smallest absolute Gasteiger partial charge is 0.136 e. The molecule has 1 heteroatoms. The van der Waals surface area contributed by atoms with Crippen molar-refractivity contribution in [1.29, 1.82) is 0 Å². The van der Waals surface area contributed by atoms with E-state index in [0.717, 1.165) is 28.4 Å². The first-order valence-electron chi connectivity index (χ1n) is 17.3. The summed E-state index contributed by atoms with van der Waals surface area (Å²) in [5.41, 5.74) is 11.9. The van der Waals surface area contributed by atoms with Gasteiger partial charge >= 0.3 is 0 Å². The van der Waals surface area contributed by atoms with Crippen molar-refractivity contribution >= 4 is 54.3 Å². The molecular weight excluding hydrogens is 605 g/mol. The average Bonchev–Trinajstić information content (AvgIpc) is 3.56. The highest BCUT2D eigenvalue weighted by Gasteiger charge is 2.19. The number of rotatable bonds is 5. The van der Waals surface area contributed by atoms with Crippen molar-refractivity contribution in [2.45, 2.75) is 6.42 Å². The van der Waals surface area contributed by atoms with Crippen LogP contribution in [-0.2, 0) is 6.42 Å². The second-order valence-corrected chi connectivity index (χ2v) is 13.2. The van der Waals surface area contributed by atoms with Gasteiger partial charge in [-0.2, -0.15) is 0 Å². The molecule has 0 saturated carbocycles. The average molecular weight is 637 g/mol. The third kappa shape index (κ3) is 4.63. The molecule has 0 unspecified atom stereocenters. The summed E-state index contributed by atoms with van der Waals surface area (Å²) in [7, 11) is 0. The first kappa shape index (κ1) is 28.6. The fraction of sp³-hybridized carbons (Fsp3) is 0.0204. The Morgan fingerprint density at radius 1 is 0.340 bits per heavy atom. The Kier molecular flexibility index (Phi) is 6.63. The molecule has 0 aliphatic carbocycles. The summed E-state index contributed by atoms with van der Waals surface area (Å²) in [6.45, 7) is 0. The molecule has 1 heterocycles. The van der Waals surface area contributed by atoms with E-state index in [1.165, 1.54) is 76.8 Å². The zero-order valence-corrected chi connectivity index (χ0v) is 27.4. The van der Waals surface area contributed by atoms with E-state index in [2.05, 4.69) is 170 Å². The minimum Gasteiger partial charge on any atom is -0.456 e. The van der Waals surface area contributed by atoms with Gasteiger partial charge in [0, 0.05) is 10.8 Å². The Morgan fingerprint density at radius 3 is 1.76 bits per heavy atom. The zero-order chi connectivity index (χ0) is 33.0. The Labute approximate surface area is 290 Å². The molecule has 1 aromatic heterocycles. The maximum absolute atomic E-state index is 6.31. The van der Waals surface area contributed by atoms with Crippen molar-refractivity contribution in [1.82, 2.24) is 0 Å². The molecule has 0 radical (unpaired) electrons. The highest BCUT2D eigenvalue weighted by atomic mass is 16.3. The van der Waals surface area contributed by atoms with Gasteiger partial charge in [0.05, 0.1) is 0 Å². The van der Waals surface area contributed by atoms with Gasteiger partial charge in [-0.05, 0) is 108 Å². The SMILES string of the molecule is c1ccc(-c2ccc3cccc(-c4c5ccccc5c(Cc5ccccc5-c5ccc6c(c5)oc5ccccc56)c5ccccc45)c3c2)cc1. The van der Waals surface area contributed by atoms with Crippen LogP contribution < -0.4 is 0 Å². The molecule has 0 spiro atoms. The summed E-state index contributed by atoms with van der Waals surface area (Å²) in [4.78, 5) is 0. The quantitative estimate of drug-likeness (QED) is 0.171. The van der Waals surface area contributed by atoms with Gasteiger partial charge in [0.25, 0.3) is 0 Å². The van der Waals surface area contributed by atoms with Crippen molar-refractivity contribution < 1.29 is 4.42 Å². The van der Waals surface area contributed by atoms with Crippen LogP contribution in [0.2, 0.25) is 0 Å². The van der Waals surface area contributed by atoms with E-state index in [9.17, 15) is 0 Å². The number of fused-ring (bicyclic) bond motifs is 6. The summed E-state index contributed by atoms with van der Waals surface area (Å²) in [5.74, 6) is 0. The van der Waals surface area contributed by atoms with Crippen LogP contribution in [0.25, 0.3) is 87.6 Å². The van der Waals surface area contributed by atoms with E-state index >= 15 is 0 Å². The molecule has 0 bridgehead atoms. The summed E-state index contributed by atoms with van der Waals surface area (Å²) in [6.07, 6.45) is 0.809. The van der Waals surface area contributed by atoms with Crippen LogP contribution >= 0.6 is 0 Å². The van der Waals surface area contributed by atoms with Crippen LogP contribution in [0.15, 0.2) is 186 Å². The number of hydrogen-bond acceptors (Lipinski definition) is 1. The highest BCUT2D eigenvalue weighted by Crippen LogP contribution is 2.44. The van der Waals surface area contributed by atoms with E-state index in [4.69, 9.17) is 4.42 Å². The third-order valence-electron chi connectivity index (χ3n) is 10.4. The Hall–Kier alpha value is -6.44. The third-order valence-corrected chi connectivity index (χ3v) is 10.4. The second kappa shape index (κ2) is 11.6. The van der Waals surface area contributed by atoms with Crippen molar-refractivity contribution in [3.05, 3.63) is 193 Å². The topological polar surface area (TPSA) is 13.1 Å². The fourth-order valence-corrected chi connectivity index (χ4v) is 8.04. The van der Waals surface area contributed by atoms with E-state index in [-0.39, 0.29) is 0 Å². The standard InChI is InChI=1S/C49H32O/c1-2-13-32(14-3-1)34-26-25-33-16-12-23-44(45(33)29-34)49-42-21-8-6-18-38(42)46(39-19-7-9-22-43(39)49)30-35-15-4-5-17-37(35)36-27-28-41-40-20-10-11-24-47(40)50-48(41)31-36/h1-29,31H,30H2. The number of furan rings is 1. The predicted molar refractivity (Wildman–Crippen MR) is 212 cm³/mol. The Bertz CT molecular complexity index is 2840. The summed E-state index contributed by atoms with van der Waals surface area (Å²) in [6, 6.07) is 66.0. The fourth-order valence-electron chi connectivity index (χ4n) is 8.04. The van der Waals surface area contributed by atoms with E-state index in [1.54, 1.807) is 0 Å². The molecule has 234 valence electrons. The molecule has 0 aliphatic rings. The van der Waals surface area contributed by atoms with Crippen LogP contribution in [0.5, 0.6) is 0 Å². The molecule has 10 rings (SSSR count). The molecular formula is C49H32O. The lowest BCUT2D eigenvalue weighted by molar-refractivity contribution is 0.669. The first-order valence-corrected chi connectivity index (χ1v) is 17.3. The number of para-hydroxylation sites is 1. The molecule has 0 fully saturated rings. The molecule has 0 amide bonds. The predicted octanol–water partition coefficient (Wildman–Crippen LogP) is 13.6. The molecule has 50 heavy (non-hydrogen) atoms. The van der Waals surface area contributed by atoms with Crippen molar-refractivity contribution in [3.63, 3.8) is 0 Å². The monoisotopic (exact) mass is 636 g/mol. The van der Waals surface area contributed by atoms with E-state index in [0.29, 0.717) is 0 Å². The van der Waals surface area contributed by atoms with Gasteiger partial charge in [-0.15, -0.1) is 0 Å². The first-order chi connectivity index (χ1) is 24.8. The molecule has 0 aliphatic heterocycles. The minimum atomic E-state index is 0.809. The van der Waals surface area contributed by atoms with Crippen LogP contribution in [0, 0.1) is 0 Å². The van der Waals surface area contributed by atoms with Crippen molar-refractivity contribution in [2.75, 3.05) is 0 Å². The maximum atomic E-state index is 6.31. The van der Waals surface area contributed by atoms with E-state index < -0.39 is 0 Å². The molecule has 9 aromatic carbocycles. The largest absolute Gasteiger partial charge is 0.456 e. The summed E-state index contributed by atoms with van der Waals surface area (Å²) >= 11 is 0. The number of hydrogen-bond donors (Lipinski definition) is 0. The lowest BCUT2D eigenvalue weighted by Crippen LogP contribution is -1.97. The van der Waals surface area contributed by atoms with E-state index in [1.807, 2.05) is 12.1 Å². The van der Waals surface area contributed by atoms with Crippen molar-refractivity contribution in [3.8, 4) is 33.4 Å². The van der Waals surface area contributed by atoms with Crippen LogP contribution in [0.1, 0.15) is 11.1 Å². The molecule has 1 nitrogen and oxygen atoms in total. The zero-order valence-electron chi connectivity index (χ0n) is 27.4. The molecule has 0 N–H and O–H groups in total. The lowest BCUT2D eigenvalue weighted by Gasteiger charge is -2.20. The van der Waals surface area contributed by atoms with Gasteiger partial charge in [-0.3, -0.25) is 0 Å². The van der Waals surface area contributed by atoms with Gasteiger partial charge in [0.2, 0.25) is 0 Å². The van der Waals surface area contributed by atoms with Gasteiger partial charge in [-0.1, -0.05) is 158 Å². The summed E-state index contributed by atoms with van der Waals surface area (Å²) in [5, 5.41) is 9.96. The van der Waals surface area contributed by atoms with Crippen LogP contribution in [-0.4, -0.2) is 0 Å². The lowest BCUT2D eigenvalue weighted by atomic mass is 9.84. The maximum Gasteiger partial charge on any atom is 0.136 e. The van der Waals surface area contributed by atoms with Crippen LogP contribution in [0.3, 0.4) is 0 Å². The number of benzene rings is 9. The Morgan fingerprint density at radius 2 is 0.960 bits per heavy atom. The van der Waals surface area contributed by atoms with Crippen LogP contribution in [0.4, 0.5) is 0 Å². The highest BCUT2D eigenvalue weighted by molar-refractivity contribution is 6.19.